The Kier molecular flexibility index (Phi) is 2.45. The molecule has 0 saturated carbocycles. The summed E-state index contributed by atoms with van der Waals surface area (Å²) in [5, 5.41) is 0. The molecular weight excluding hydrogens is 232 g/mol. The summed E-state index contributed by atoms with van der Waals surface area (Å²) in [6.07, 6.45) is 3.52. The van der Waals surface area contributed by atoms with Crippen LogP contribution in [-0.2, 0) is 6.54 Å². The Morgan fingerprint density at radius 3 is 2.82 bits per heavy atom. The Morgan fingerprint density at radius 2 is 2.00 bits per heavy atom. The van der Waals surface area contributed by atoms with Crippen LogP contribution in [0.1, 0.15) is 5.56 Å². The van der Waals surface area contributed by atoms with Crippen LogP contribution in [0.4, 0.5) is 0 Å². The highest BCUT2D eigenvalue weighted by atomic mass is 32.1. The summed E-state index contributed by atoms with van der Waals surface area (Å²) in [7, 11) is 0. The average Bonchev–Trinajstić information content (AvgIpc) is 2.84. The number of imidazole rings is 1. The summed E-state index contributed by atoms with van der Waals surface area (Å²) in [5.74, 6) is 0. The van der Waals surface area contributed by atoms with Crippen molar-refractivity contribution in [1.82, 2.24) is 15.0 Å². The molecule has 4 nitrogen and oxygen atoms in total. The normalized spacial score (nSPS) is 10.8. The SMILES string of the molecule is S=c1[nH]c[n+](Cc2ccccc2)c2nc[nH]c12. The third-order valence-corrected chi connectivity index (χ3v) is 2.99. The van der Waals surface area contributed by atoms with E-state index < -0.39 is 0 Å². The van der Waals surface area contributed by atoms with Crippen LogP contribution in [0, 0.1) is 4.64 Å². The van der Waals surface area contributed by atoms with E-state index in [1.165, 1.54) is 5.56 Å². The largest absolute Gasteiger partial charge is 0.323 e. The van der Waals surface area contributed by atoms with E-state index in [1.54, 1.807) is 6.33 Å². The second-order valence-corrected chi connectivity index (χ2v) is 4.23. The van der Waals surface area contributed by atoms with Crippen LogP contribution in [0.15, 0.2) is 43.0 Å². The minimum Gasteiger partial charge on any atom is -0.323 e. The van der Waals surface area contributed by atoms with Gasteiger partial charge < -0.3 is 4.98 Å². The summed E-state index contributed by atoms with van der Waals surface area (Å²) in [6.45, 7) is 0.772. The Bertz CT molecular complexity index is 699. The van der Waals surface area contributed by atoms with Gasteiger partial charge in [-0.3, -0.25) is 4.98 Å². The summed E-state index contributed by atoms with van der Waals surface area (Å²) < 4.78 is 2.72. The lowest BCUT2D eigenvalue weighted by molar-refractivity contribution is -0.667. The van der Waals surface area contributed by atoms with E-state index in [4.69, 9.17) is 12.2 Å². The van der Waals surface area contributed by atoms with Crippen molar-refractivity contribution in [1.29, 1.82) is 0 Å². The van der Waals surface area contributed by atoms with E-state index in [2.05, 4.69) is 27.1 Å². The van der Waals surface area contributed by atoms with Crippen LogP contribution in [-0.4, -0.2) is 15.0 Å². The standard InChI is InChI=1S/C12H10N4S/c17-12-10-11(14-7-13-10)16(8-15-12)6-9-4-2-1-3-5-9/h1-5,7-8H,6H2,(H,13,14,17)/p+1. The molecule has 0 radical (unpaired) electrons. The molecule has 2 heterocycles. The van der Waals surface area contributed by atoms with Gasteiger partial charge in [-0.05, 0) is 17.8 Å². The maximum absolute atomic E-state index is 5.19. The molecule has 0 bridgehead atoms. The summed E-state index contributed by atoms with van der Waals surface area (Å²) in [6, 6.07) is 10.3. The van der Waals surface area contributed by atoms with Gasteiger partial charge in [0.25, 0.3) is 5.65 Å². The Balaban J connectivity index is 2.10. The van der Waals surface area contributed by atoms with Gasteiger partial charge >= 0.3 is 0 Å². The first-order chi connectivity index (χ1) is 8.34. The van der Waals surface area contributed by atoms with Crippen molar-refractivity contribution in [2.45, 2.75) is 6.54 Å². The van der Waals surface area contributed by atoms with Gasteiger partial charge in [0.1, 0.15) is 0 Å². The molecule has 0 aliphatic carbocycles. The average molecular weight is 243 g/mol. The molecule has 5 heteroatoms. The fourth-order valence-electron chi connectivity index (χ4n) is 1.84. The molecule has 0 atom stereocenters. The quantitative estimate of drug-likeness (QED) is 0.534. The van der Waals surface area contributed by atoms with Crippen molar-refractivity contribution >= 4 is 23.4 Å². The second kappa shape index (κ2) is 4.10. The number of aromatic nitrogens is 4. The van der Waals surface area contributed by atoms with Gasteiger partial charge in [-0.25, -0.2) is 4.57 Å². The number of benzene rings is 1. The molecule has 0 spiro atoms. The molecular formula is C12H11N4S+. The number of H-pyrrole nitrogens is 2. The molecule has 2 aromatic heterocycles. The monoisotopic (exact) mass is 243 g/mol. The molecule has 0 saturated heterocycles. The zero-order valence-electron chi connectivity index (χ0n) is 9.05. The van der Waals surface area contributed by atoms with Gasteiger partial charge in [0.15, 0.2) is 22.8 Å². The lowest BCUT2D eigenvalue weighted by Gasteiger charge is -2.01. The second-order valence-electron chi connectivity index (χ2n) is 3.82. The molecule has 2 N–H and O–H groups in total. The predicted molar refractivity (Wildman–Crippen MR) is 67.0 cm³/mol. The van der Waals surface area contributed by atoms with E-state index in [-0.39, 0.29) is 0 Å². The lowest BCUT2D eigenvalue weighted by atomic mass is 10.2. The fraction of sp³-hybridized carbons (Fsp3) is 0.0833. The van der Waals surface area contributed by atoms with E-state index in [0.29, 0.717) is 4.64 Å². The van der Waals surface area contributed by atoms with Crippen LogP contribution in [0.3, 0.4) is 0 Å². The van der Waals surface area contributed by atoms with Crippen LogP contribution < -0.4 is 4.57 Å². The molecule has 3 aromatic rings. The highest BCUT2D eigenvalue weighted by Crippen LogP contribution is 2.05. The Labute approximate surface area is 103 Å². The zero-order chi connectivity index (χ0) is 11.7. The predicted octanol–water partition coefficient (Wildman–Crippen LogP) is 1.96. The topological polar surface area (TPSA) is 48.4 Å². The van der Waals surface area contributed by atoms with E-state index >= 15 is 0 Å². The first kappa shape index (κ1) is 10.2. The third kappa shape index (κ3) is 1.85. The van der Waals surface area contributed by atoms with Crippen molar-refractivity contribution < 1.29 is 4.57 Å². The van der Waals surface area contributed by atoms with E-state index in [1.807, 2.05) is 29.1 Å². The lowest BCUT2D eigenvalue weighted by Crippen LogP contribution is -2.35. The maximum Gasteiger partial charge on any atom is 0.292 e. The number of aromatic amines is 2. The van der Waals surface area contributed by atoms with Gasteiger partial charge in [-0.1, -0.05) is 35.3 Å². The molecule has 0 fully saturated rings. The van der Waals surface area contributed by atoms with Crippen molar-refractivity contribution in [2.24, 2.45) is 0 Å². The Hall–Kier alpha value is -2.01. The minimum atomic E-state index is 0.682. The van der Waals surface area contributed by atoms with Crippen molar-refractivity contribution in [3.05, 3.63) is 53.2 Å². The maximum atomic E-state index is 5.19. The molecule has 0 unspecified atom stereocenters. The molecule has 1 aromatic carbocycles. The van der Waals surface area contributed by atoms with Gasteiger partial charge in [0.2, 0.25) is 0 Å². The number of nitrogens with zero attached hydrogens (tertiary/aromatic N) is 2. The number of nitrogens with one attached hydrogen (secondary N) is 2. The third-order valence-electron chi connectivity index (χ3n) is 2.67. The molecule has 84 valence electrons. The highest BCUT2D eigenvalue weighted by Gasteiger charge is 2.10. The van der Waals surface area contributed by atoms with E-state index in [9.17, 15) is 0 Å². The fourth-order valence-corrected chi connectivity index (χ4v) is 2.05. The van der Waals surface area contributed by atoms with Gasteiger partial charge in [0, 0.05) is 0 Å². The smallest absolute Gasteiger partial charge is 0.292 e. The van der Waals surface area contributed by atoms with Gasteiger partial charge in [-0.15, -0.1) is 0 Å². The van der Waals surface area contributed by atoms with Crippen molar-refractivity contribution in [3.8, 4) is 0 Å². The molecule has 17 heavy (non-hydrogen) atoms. The van der Waals surface area contributed by atoms with Gasteiger partial charge in [0.05, 0.1) is 6.54 Å². The number of hydrogen-bond donors (Lipinski definition) is 2. The Morgan fingerprint density at radius 1 is 1.18 bits per heavy atom. The first-order valence-electron chi connectivity index (χ1n) is 5.33. The van der Waals surface area contributed by atoms with Crippen LogP contribution in [0.25, 0.3) is 11.2 Å². The number of fused-ring (bicyclic) bond motifs is 1. The van der Waals surface area contributed by atoms with Crippen LogP contribution >= 0.6 is 12.2 Å². The van der Waals surface area contributed by atoms with Crippen LogP contribution in [0.2, 0.25) is 0 Å². The highest BCUT2D eigenvalue weighted by molar-refractivity contribution is 7.71. The molecule has 3 rings (SSSR count). The number of hydrogen-bond acceptors (Lipinski definition) is 2. The van der Waals surface area contributed by atoms with Crippen LogP contribution in [0.5, 0.6) is 0 Å². The zero-order valence-corrected chi connectivity index (χ0v) is 9.87. The summed E-state index contributed by atoms with van der Waals surface area (Å²) >= 11 is 5.19. The van der Waals surface area contributed by atoms with Crippen molar-refractivity contribution in [3.63, 3.8) is 0 Å². The summed E-state index contributed by atoms with van der Waals surface area (Å²) in [5.41, 5.74) is 2.98. The molecule has 0 amide bonds. The number of rotatable bonds is 2. The van der Waals surface area contributed by atoms with E-state index in [0.717, 1.165) is 17.7 Å². The van der Waals surface area contributed by atoms with Gasteiger partial charge in [-0.2, -0.15) is 0 Å². The van der Waals surface area contributed by atoms with Crippen molar-refractivity contribution in [2.75, 3.05) is 0 Å². The first-order valence-corrected chi connectivity index (χ1v) is 5.73. The molecule has 0 aliphatic heterocycles. The molecule has 0 aliphatic rings. The minimum absolute atomic E-state index is 0.682. The summed E-state index contributed by atoms with van der Waals surface area (Å²) in [4.78, 5) is 10.4.